The number of hydrogen-bond acceptors (Lipinski definition) is 2. The quantitative estimate of drug-likeness (QED) is 0.646. The van der Waals surface area contributed by atoms with Gasteiger partial charge in [-0.1, -0.05) is 52.3 Å². The van der Waals surface area contributed by atoms with E-state index < -0.39 is 0 Å². The predicted molar refractivity (Wildman–Crippen MR) is 112 cm³/mol. The van der Waals surface area contributed by atoms with Crippen molar-refractivity contribution < 1.29 is 4.79 Å². The molecule has 1 aliphatic carbocycles. The number of carbonyl (C=O) groups excluding carboxylic acids is 1. The number of hydrogen-bond donors (Lipinski definition) is 1. The molecule has 0 spiro atoms. The molecule has 3 nitrogen and oxygen atoms in total. The first kappa shape index (κ1) is 17.1. The number of likely N-dealkylation sites (tertiary alicyclic amines) is 1. The third-order valence-corrected chi connectivity index (χ3v) is 6.78. The van der Waals surface area contributed by atoms with E-state index in [-0.39, 0.29) is 11.9 Å². The number of anilines is 1. The average molecular weight is 423 g/mol. The highest BCUT2D eigenvalue weighted by Gasteiger charge is 2.39. The van der Waals surface area contributed by atoms with Gasteiger partial charge in [-0.3, -0.25) is 4.79 Å². The molecule has 27 heavy (non-hydrogen) atoms. The van der Waals surface area contributed by atoms with E-state index in [1.165, 1.54) is 11.1 Å². The number of para-hydroxylation sites is 1. The molecule has 1 saturated heterocycles. The number of fused-ring (bicyclic) bond motifs is 3. The molecule has 3 aliphatic rings. The van der Waals surface area contributed by atoms with Gasteiger partial charge in [0.15, 0.2) is 0 Å². The smallest absolute Gasteiger partial charge is 0.255 e. The Morgan fingerprint density at radius 2 is 1.85 bits per heavy atom. The fourth-order valence-corrected chi connectivity index (χ4v) is 5.15. The molecular weight excluding hydrogens is 400 g/mol. The summed E-state index contributed by atoms with van der Waals surface area (Å²) in [6, 6.07) is 15.0. The second-order valence-electron chi connectivity index (χ2n) is 7.80. The summed E-state index contributed by atoms with van der Waals surface area (Å²) in [7, 11) is 0. The van der Waals surface area contributed by atoms with E-state index in [2.05, 4.69) is 63.7 Å². The summed E-state index contributed by atoms with van der Waals surface area (Å²) in [5.41, 5.74) is 4.42. The molecule has 1 amide bonds. The fraction of sp³-hybridized carbons (Fsp3) is 0.348. The molecule has 2 aromatic carbocycles. The van der Waals surface area contributed by atoms with Crippen LogP contribution in [0.5, 0.6) is 0 Å². The van der Waals surface area contributed by atoms with E-state index in [0.29, 0.717) is 11.8 Å². The zero-order valence-electron chi connectivity index (χ0n) is 15.2. The number of carbonyl (C=O) groups is 1. The van der Waals surface area contributed by atoms with Crippen LogP contribution in [0.4, 0.5) is 5.69 Å². The molecule has 0 saturated carbocycles. The zero-order valence-corrected chi connectivity index (χ0v) is 16.8. The minimum absolute atomic E-state index is 0.173. The zero-order chi connectivity index (χ0) is 18.4. The van der Waals surface area contributed by atoms with Crippen molar-refractivity contribution in [2.24, 2.45) is 5.92 Å². The van der Waals surface area contributed by atoms with Crippen molar-refractivity contribution in [3.8, 4) is 0 Å². The largest absolute Gasteiger partial charge is 0.377 e. The molecule has 5 rings (SSSR count). The van der Waals surface area contributed by atoms with Gasteiger partial charge in [0.05, 0.1) is 17.3 Å². The highest BCUT2D eigenvalue weighted by molar-refractivity contribution is 9.10. The van der Waals surface area contributed by atoms with Crippen molar-refractivity contribution >= 4 is 27.5 Å². The van der Waals surface area contributed by atoms with Crippen LogP contribution in [0.15, 0.2) is 59.1 Å². The standard InChI is InChI=1S/C23H23BrN2O/c24-16-11-9-15(10-12-16)21-18-6-3-5-17(18)19-7-4-8-20(22(19)25-21)23(27)26-13-1-2-14-26/h3-5,7-12,17-18,21,25H,1-2,6,13-14H2/t17-,18+,21-/m1/s1. The number of rotatable bonds is 2. The lowest BCUT2D eigenvalue weighted by molar-refractivity contribution is 0.0793. The van der Waals surface area contributed by atoms with Gasteiger partial charge in [0.25, 0.3) is 5.91 Å². The first-order valence-corrected chi connectivity index (χ1v) is 10.6. The van der Waals surface area contributed by atoms with Crippen LogP contribution in [0.2, 0.25) is 0 Å². The Labute approximate surface area is 168 Å². The van der Waals surface area contributed by atoms with Crippen LogP contribution in [0.1, 0.15) is 52.7 Å². The Morgan fingerprint density at radius 3 is 2.63 bits per heavy atom. The highest BCUT2D eigenvalue weighted by atomic mass is 79.9. The van der Waals surface area contributed by atoms with Gasteiger partial charge in [-0.05, 0) is 54.5 Å². The third-order valence-electron chi connectivity index (χ3n) is 6.25. The van der Waals surface area contributed by atoms with Crippen molar-refractivity contribution in [1.29, 1.82) is 0 Å². The van der Waals surface area contributed by atoms with E-state index in [9.17, 15) is 4.79 Å². The van der Waals surface area contributed by atoms with Crippen molar-refractivity contribution in [2.75, 3.05) is 18.4 Å². The van der Waals surface area contributed by atoms with Crippen LogP contribution in [-0.2, 0) is 0 Å². The number of nitrogens with one attached hydrogen (secondary N) is 1. The maximum Gasteiger partial charge on any atom is 0.255 e. The van der Waals surface area contributed by atoms with E-state index in [4.69, 9.17) is 0 Å². The van der Waals surface area contributed by atoms with Crippen molar-refractivity contribution in [3.63, 3.8) is 0 Å². The van der Waals surface area contributed by atoms with E-state index in [1.807, 2.05) is 17.0 Å². The molecule has 138 valence electrons. The monoisotopic (exact) mass is 422 g/mol. The van der Waals surface area contributed by atoms with Crippen molar-refractivity contribution in [2.45, 2.75) is 31.2 Å². The van der Waals surface area contributed by atoms with Crippen LogP contribution < -0.4 is 5.32 Å². The maximum atomic E-state index is 13.2. The molecule has 1 N–H and O–H groups in total. The summed E-state index contributed by atoms with van der Waals surface area (Å²) in [6.45, 7) is 1.76. The summed E-state index contributed by atoms with van der Waals surface area (Å²) in [6.07, 6.45) is 7.93. The molecule has 0 bridgehead atoms. The fourth-order valence-electron chi connectivity index (χ4n) is 4.89. The van der Waals surface area contributed by atoms with Crippen LogP contribution in [0.3, 0.4) is 0 Å². The lowest BCUT2D eigenvalue weighted by Crippen LogP contribution is -2.33. The van der Waals surface area contributed by atoms with Gasteiger partial charge in [-0.25, -0.2) is 0 Å². The molecule has 0 aromatic heterocycles. The summed E-state index contributed by atoms with van der Waals surface area (Å²) < 4.78 is 1.09. The van der Waals surface area contributed by atoms with E-state index >= 15 is 0 Å². The Kier molecular flexibility index (Phi) is 4.31. The lowest BCUT2D eigenvalue weighted by Gasteiger charge is -2.38. The summed E-state index contributed by atoms with van der Waals surface area (Å²) in [5.74, 6) is 1.05. The second kappa shape index (κ2) is 6.83. The molecule has 3 atom stereocenters. The van der Waals surface area contributed by atoms with Gasteiger partial charge < -0.3 is 10.2 Å². The number of benzene rings is 2. The van der Waals surface area contributed by atoms with Gasteiger partial charge in [0.2, 0.25) is 0 Å². The van der Waals surface area contributed by atoms with Gasteiger partial charge in [0, 0.05) is 23.5 Å². The van der Waals surface area contributed by atoms with Gasteiger partial charge in [-0.15, -0.1) is 0 Å². The number of allylic oxidation sites excluding steroid dienone is 2. The van der Waals surface area contributed by atoms with Crippen LogP contribution in [0.25, 0.3) is 0 Å². The first-order chi connectivity index (χ1) is 13.2. The average Bonchev–Trinajstić information content (AvgIpc) is 3.39. The minimum atomic E-state index is 0.173. The Morgan fingerprint density at radius 1 is 1.07 bits per heavy atom. The van der Waals surface area contributed by atoms with E-state index in [1.54, 1.807) is 0 Å². The van der Waals surface area contributed by atoms with E-state index in [0.717, 1.165) is 48.1 Å². The van der Waals surface area contributed by atoms with Gasteiger partial charge in [-0.2, -0.15) is 0 Å². The molecule has 0 radical (unpaired) electrons. The topological polar surface area (TPSA) is 32.3 Å². The predicted octanol–water partition coefficient (Wildman–Crippen LogP) is 5.51. The molecule has 0 unspecified atom stereocenters. The number of halogens is 1. The Bertz CT molecular complexity index is 899. The maximum absolute atomic E-state index is 13.2. The van der Waals surface area contributed by atoms with Crippen molar-refractivity contribution in [3.05, 3.63) is 75.8 Å². The lowest BCUT2D eigenvalue weighted by atomic mass is 9.76. The molecule has 2 aliphatic heterocycles. The third kappa shape index (κ3) is 2.91. The normalized spacial score (nSPS) is 25.8. The summed E-state index contributed by atoms with van der Waals surface area (Å²) >= 11 is 3.54. The molecule has 2 aromatic rings. The Balaban J connectivity index is 1.57. The molecule has 4 heteroatoms. The molecular formula is C23H23BrN2O. The number of nitrogens with zero attached hydrogens (tertiary/aromatic N) is 1. The van der Waals surface area contributed by atoms with Gasteiger partial charge in [0.1, 0.15) is 0 Å². The minimum Gasteiger partial charge on any atom is -0.377 e. The molecule has 2 heterocycles. The Hall–Kier alpha value is -2.07. The first-order valence-electron chi connectivity index (χ1n) is 9.83. The van der Waals surface area contributed by atoms with Crippen molar-refractivity contribution in [1.82, 2.24) is 4.90 Å². The summed E-state index contributed by atoms with van der Waals surface area (Å²) in [5, 5.41) is 3.77. The van der Waals surface area contributed by atoms with Crippen LogP contribution >= 0.6 is 15.9 Å². The molecule has 1 fully saturated rings. The SMILES string of the molecule is O=C(c1cccc2c1N[C@H](c1ccc(Br)cc1)[C@H]1CC=C[C@@H]21)N1CCCC1. The van der Waals surface area contributed by atoms with Crippen LogP contribution in [-0.4, -0.2) is 23.9 Å². The second-order valence-corrected chi connectivity index (χ2v) is 8.71. The number of amides is 1. The van der Waals surface area contributed by atoms with Crippen LogP contribution in [0, 0.1) is 5.92 Å². The highest BCUT2D eigenvalue weighted by Crippen LogP contribution is 2.50. The summed E-state index contributed by atoms with van der Waals surface area (Å²) in [4.78, 5) is 15.2. The van der Waals surface area contributed by atoms with Gasteiger partial charge >= 0.3 is 0 Å².